The fraction of sp³-hybridized carbons (Fsp3) is 0.429. The number of aromatic nitrogens is 2. The van der Waals surface area contributed by atoms with Crippen LogP contribution in [-0.4, -0.2) is 42.5 Å². The third kappa shape index (κ3) is 6.97. The Morgan fingerprint density at radius 1 is 1.11 bits per heavy atom. The van der Waals surface area contributed by atoms with Crippen LogP contribution < -0.4 is 25.6 Å². The van der Waals surface area contributed by atoms with E-state index in [1.165, 1.54) is 19.3 Å². The second-order valence-corrected chi connectivity index (χ2v) is 13.8. The quantitative estimate of drug-likeness (QED) is 0.275. The number of benzene rings is 2. The molecule has 37 heavy (non-hydrogen) atoms. The molecule has 0 saturated carbocycles. The van der Waals surface area contributed by atoms with Gasteiger partial charge in [0.05, 0.1) is 23.7 Å². The minimum absolute atomic E-state index is 0.0141. The Hall–Kier alpha value is -2.76. The van der Waals surface area contributed by atoms with Gasteiger partial charge in [0.15, 0.2) is 5.82 Å². The Morgan fingerprint density at radius 2 is 1.84 bits per heavy atom. The number of hydrogen-bond acceptors (Lipinski definition) is 7. The summed E-state index contributed by atoms with van der Waals surface area (Å²) in [6.07, 6.45) is 5.26. The maximum absolute atomic E-state index is 12.8. The molecule has 0 atom stereocenters. The van der Waals surface area contributed by atoms with Crippen LogP contribution in [0.3, 0.4) is 0 Å². The molecule has 2 aromatic carbocycles. The van der Waals surface area contributed by atoms with Crippen LogP contribution in [0.1, 0.15) is 40.0 Å². The van der Waals surface area contributed by atoms with Crippen LogP contribution in [0.15, 0.2) is 48.7 Å². The largest absolute Gasteiger partial charge is 0.489 e. The third-order valence-corrected chi connectivity index (χ3v) is 8.44. The molecule has 0 unspecified atom stereocenters. The van der Waals surface area contributed by atoms with Gasteiger partial charge in [-0.15, -0.1) is 0 Å². The van der Waals surface area contributed by atoms with E-state index in [9.17, 15) is 4.57 Å². The monoisotopic (exact) mass is 541 g/mol. The molecule has 4 rings (SSSR count). The van der Waals surface area contributed by atoms with Crippen LogP contribution >= 0.6 is 18.7 Å². The van der Waals surface area contributed by atoms with Gasteiger partial charge in [-0.25, -0.2) is 4.98 Å². The van der Waals surface area contributed by atoms with Gasteiger partial charge < -0.3 is 24.8 Å². The maximum atomic E-state index is 12.8. The van der Waals surface area contributed by atoms with Crippen LogP contribution in [0.5, 0.6) is 5.75 Å². The molecular weight excluding hydrogens is 505 g/mol. The first kappa shape index (κ1) is 27.3. The molecule has 2 heterocycles. The predicted octanol–water partition coefficient (Wildman–Crippen LogP) is 7.28. The van der Waals surface area contributed by atoms with Gasteiger partial charge >= 0.3 is 0 Å². The van der Waals surface area contributed by atoms with E-state index in [0.717, 1.165) is 41.4 Å². The van der Waals surface area contributed by atoms with Crippen molar-refractivity contribution >= 4 is 52.9 Å². The van der Waals surface area contributed by atoms with E-state index in [-0.39, 0.29) is 6.10 Å². The van der Waals surface area contributed by atoms with Crippen molar-refractivity contribution in [1.29, 1.82) is 0 Å². The molecule has 0 aliphatic carbocycles. The van der Waals surface area contributed by atoms with Gasteiger partial charge in [-0.2, -0.15) is 4.98 Å². The second kappa shape index (κ2) is 11.7. The first-order chi connectivity index (χ1) is 17.6. The van der Waals surface area contributed by atoms with Crippen molar-refractivity contribution < 1.29 is 9.30 Å². The van der Waals surface area contributed by atoms with Crippen molar-refractivity contribution in [2.45, 2.75) is 46.1 Å². The van der Waals surface area contributed by atoms with Crippen LogP contribution in [0.25, 0.3) is 0 Å². The molecular formula is C28H37ClN5O2P. The molecule has 3 aromatic rings. The number of halogens is 1. The fourth-order valence-corrected chi connectivity index (χ4v) is 5.87. The van der Waals surface area contributed by atoms with Gasteiger partial charge in [0.25, 0.3) is 0 Å². The Kier molecular flexibility index (Phi) is 8.66. The summed E-state index contributed by atoms with van der Waals surface area (Å²) in [5.41, 5.74) is 2.65. The highest BCUT2D eigenvalue weighted by Gasteiger charge is 2.20. The average molecular weight is 542 g/mol. The summed E-state index contributed by atoms with van der Waals surface area (Å²) in [7, 11) is -2.50. The first-order valence-electron chi connectivity index (χ1n) is 12.9. The molecule has 1 fully saturated rings. The van der Waals surface area contributed by atoms with Gasteiger partial charge in [-0.3, -0.25) is 0 Å². The molecule has 1 saturated heterocycles. The SMILES string of the molecule is CCC1CCN(c2ccc(Nc3ncc(Cl)c(Nc4ccccc4P(C)(C)=O)n3)c(OC(C)C)c2)CC1. The number of piperidine rings is 1. The highest BCUT2D eigenvalue weighted by molar-refractivity contribution is 7.70. The number of anilines is 5. The van der Waals surface area contributed by atoms with Crippen molar-refractivity contribution in [3.8, 4) is 5.75 Å². The van der Waals surface area contributed by atoms with E-state index < -0.39 is 7.14 Å². The molecule has 0 bridgehead atoms. The predicted molar refractivity (Wildman–Crippen MR) is 157 cm³/mol. The molecule has 198 valence electrons. The summed E-state index contributed by atoms with van der Waals surface area (Å²) in [5, 5.41) is 7.66. The van der Waals surface area contributed by atoms with Crippen molar-refractivity contribution in [1.82, 2.24) is 9.97 Å². The van der Waals surface area contributed by atoms with E-state index in [2.05, 4.69) is 44.6 Å². The van der Waals surface area contributed by atoms with Crippen molar-refractivity contribution in [3.63, 3.8) is 0 Å². The van der Waals surface area contributed by atoms with Crippen LogP contribution in [0, 0.1) is 5.92 Å². The third-order valence-electron chi connectivity index (χ3n) is 6.61. The van der Waals surface area contributed by atoms with Crippen molar-refractivity contribution in [2.75, 3.05) is 42.0 Å². The van der Waals surface area contributed by atoms with E-state index in [4.69, 9.17) is 16.3 Å². The first-order valence-corrected chi connectivity index (χ1v) is 15.9. The Balaban J connectivity index is 1.58. The maximum Gasteiger partial charge on any atom is 0.229 e. The molecule has 0 amide bonds. The lowest BCUT2D eigenvalue weighted by atomic mass is 9.94. The van der Waals surface area contributed by atoms with Crippen LogP contribution in [0.2, 0.25) is 5.02 Å². The Labute approximate surface area is 225 Å². The van der Waals surface area contributed by atoms with Crippen molar-refractivity contribution in [3.05, 3.63) is 53.7 Å². The number of rotatable bonds is 9. The Bertz CT molecular complexity index is 1270. The summed E-state index contributed by atoms with van der Waals surface area (Å²) in [4.78, 5) is 11.4. The molecule has 1 aromatic heterocycles. The molecule has 0 spiro atoms. The molecule has 9 heteroatoms. The van der Waals surface area contributed by atoms with Gasteiger partial charge in [0.1, 0.15) is 17.9 Å². The average Bonchev–Trinajstić information content (AvgIpc) is 2.86. The molecule has 1 aliphatic rings. The number of ether oxygens (including phenoxy) is 1. The van der Waals surface area contributed by atoms with Gasteiger partial charge in [-0.05, 0) is 70.2 Å². The summed E-state index contributed by atoms with van der Waals surface area (Å²) >= 11 is 6.43. The lowest BCUT2D eigenvalue weighted by Gasteiger charge is -2.33. The van der Waals surface area contributed by atoms with Gasteiger partial charge in [-0.1, -0.05) is 37.1 Å². The summed E-state index contributed by atoms with van der Waals surface area (Å²) < 4.78 is 19.0. The molecule has 0 radical (unpaired) electrons. The van der Waals surface area contributed by atoms with E-state index in [1.54, 1.807) is 19.5 Å². The zero-order chi connectivity index (χ0) is 26.6. The lowest BCUT2D eigenvalue weighted by Crippen LogP contribution is -2.33. The van der Waals surface area contributed by atoms with E-state index in [1.807, 2.05) is 44.2 Å². The highest BCUT2D eigenvalue weighted by Crippen LogP contribution is 2.39. The summed E-state index contributed by atoms with van der Waals surface area (Å²) in [6.45, 7) is 11.9. The van der Waals surface area contributed by atoms with Gasteiger partial charge in [0.2, 0.25) is 5.95 Å². The minimum Gasteiger partial charge on any atom is -0.489 e. The summed E-state index contributed by atoms with van der Waals surface area (Å²) in [6, 6.07) is 13.7. The number of hydrogen-bond donors (Lipinski definition) is 2. The second-order valence-electron chi connectivity index (χ2n) is 10.2. The molecule has 7 nitrogen and oxygen atoms in total. The van der Waals surface area contributed by atoms with Gasteiger partial charge in [0, 0.05) is 30.1 Å². The summed E-state index contributed by atoms with van der Waals surface area (Å²) in [5.74, 6) is 2.39. The van der Waals surface area contributed by atoms with Crippen LogP contribution in [-0.2, 0) is 4.57 Å². The Morgan fingerprint density at radius 3 is 2.51 bits per heavy atom. The molecule has 2 N–H and O–H groups in total. The molecule has 1 aliphatic heterocycles. The van der Waals surface area contributed by atoms with Crippen molar-refractivity contribution in [2.24, 2.45) is 5.92 Å². The number of para-hydroxylation sites is 1. The van der Waals surface area contributed by atoms with E-state index in [0.29, 0.717) is 22.5 Å². The fourth-order valence-electron chi connectivity index (χ4n) is 4.57. The normalized spacial score (nSPS) is 14.6. The zero-order valence-electron chi connectivity index (χ0n) is 22.3. The highest BCUT2D eigenvalue weighted by atomic mass is 35.5. The lowest BCUT2D eigenvalue weighted by molar-refractivity contribution is 0.244. The minimum atomic E-state index is -2.50. The smallest absolute Gasteiger partial charge is 0.229 e. The topological polar surface area (TPSA) is 79.4 Å². The number of nitrogens with zero attached hydrogens (tertiary/aromatic N) is 3. The standard InChI is InChI=1S/C28H37ClN5O2P/c1-6-20-13-15-34(16-14-20)21-11-12-23(25(17-21)36-19(2)3)32-28-30-18-22(29)27(33-28)31-24-9-7-8-10-26(24)37(4,5)35/h7-12,17-20H,6,13-16H2,1-5H3,(H2,30,31,32,33). The zero-order valence-corrected chi connectivity index (χ0v) is 23.9. The number of nitrogens with one attached hydrogen (secondary N) is 2. The van der Waals surface area contributed by atoms with E-state index >= 15 is 0 Å². The van der Waals surface area contributed by atoms with Crippen LogP contribution in [0.4, 0.5) is 28.8 Å².